The third-order valence-electron chi connectivity index (χ3n) is 4.20. The third-order valence-corrected chi connectivity index (χ3v) is 4.20. The number of hydrogen-bond acceptors (Lipinski definition) is 3. The minimum Gasteiger partial charge on any atom is -0.356 e. The van der Waals surface area contributed by atoms with Gasteiger partial charge in [-0.05, 0) is 42.5 Å². The number of nitrogens with zero attached hydrogens (tertiary/aromatic N) is 4. The van der Waals surface area contributed by atoms with E-state index in [1.54, 1.807) is 26.0 Å². The zero-order valence-electron chi connectivity index (χ0n) is 16.7. The molecule has 146 valence electrons. The molecular weight excluding hydrogens is 340 g/mol. The predicted octanol–water partition coefficient (Wildman–Crippen LogP) is 1.46. The Hall–Kier alpha value is -2.83. The average molecular weight is 371 g/mol. The molecule has 7 heteroatoms. The van der Waals surface area contributed by atoms with Crippen molar-refractivity contribution in [3.05, 3.63) is 53.3 Å². The number of aromatic nitrogens is 2. The van der Waals surface area contributed by atoms with Gasteiger partial charge in [-0.2, -0.15) is 5.10 Å². The number of amides is 1. The van der Waals surface area contributed by atoms with Gasteiger partial charge in [0.2, 0.25) is 0 Å². The fourth-order valence-electron chi connectivity index (χ4n) is 2.76. The summed E-state index contributed by atoms with van der Waals surface area (Å²) in [6, 6.07) is 7.77. The van der Waals surface area contributed by atoms with Gasteiger partial charge >= 0.3 is 0 Å². The monoisotopic (exact) mass is 370 g/mol. The van der Waals surface area contributed by atoms with Crippen LogP contribution in [-0.4, -0.2) is 60.8 Å². The van der Waals surface area contributed by atoms with Gasteiger partial charge in [-0.3, -0.25) is 14.5 Å². The van der Waals surface area contributed by atoms with Crippen molar-refractivity contribution in [2.45, 2.75) is 19.3 Å². The van der Waals surface area contributed by atoms with E-state index in [-0.39, 0.29) is 5.91 Å². The Labute approximate surface area is 161 Å². The summed E-state index contributed by atoms with van der Waals surface area (Å²) in [4.78, 5) is 17.9. The fraction of sp³-hybridized carbons (Fsp3) is 0.450. The minimum absolute atomic E-state index is 0.0240. The van der Waals surface area contributed by atoms with Crippen LogP contribution in [0.25, 0.3) is 0 Å². The summed E-state index contributed by atoms with van der Waals surface area (Å²) in [6.07, 6.45) is 6.78. The Morgan fingerprint density at radius 3 is 2.63 bits per heavy atom. The first-order valence-electron chi connectivity index (χ1n) is 9.22. The van der Waals surface area contributed by atoms with Crippen molar-refractivity contribution in [3.8, 4) is 0 Å². The smallest absolute Gasteiger partial charge is 0.253 e. The maximum Gasteiger partial charge on any atom is 0.253 e. The van der Waals surface area contributed by atoms with E-state index in [9.17, 15) is 4.79 Å². The van der Waals surface area contributed by atoms with Crippen molar-refractivity contribution in [2.24, 2.45) is 12.0 Å². The van der Waals surface area contributed by atoms with E-state index in [0.717, 1.165) is 49.4 Å². The molecule has 1 aromatic heterocycles. The van der Waals surface area contributed by atoms with E-state index in [0.29, 0.717) is 0 Å². The molecule has 2 rings (SSSR count). The van der Waals surface area contributed by atoms with Crippen LogP contribution in [0, 0.1) is 0 Å². The molecular formula is C20H30N6O. The van der Waals surface area contributed by atoms with Gasteiger partial charge in [0.25, 0.3) is 5.91 Å². The van der Waals surface area contributed by atoms with Gasteiger partial charge in [-0.15, -0.1) is 0 Å². The SMILES string of the molecule is CN=C(NCCCc1cnn(C)c1)NCCc1cccc(C(=O)N(C)C)c1. The first kappa shape index (κ1) is 20.5. The summed E-state index contributed by atoms with van der Waals surface area (Å²) in [6.45, 7) is 1.60. The Bertz CT molecular complexity index is 765. The van der Waals surface area contributed by atoms with Crippen molar-refractivity contribution in [2.75, 3.05) is 34.2 Å². The van der Waals surface area contributed by atoms with Crippen molar-refractivity contribution in [1.82, 2.24) is 25.3 Å². The molecule has 7 nitrogen and oxygen atoms in total. The zero-order chi connectivity index (χ0) is 19.6. The highest BCUT2D eigenvalue weighted by atomic mass is 16.2. The summed E-state index contributed by atoms with van der Waals surface area (Å²) in [5.74, 6) is 0.817. The molecule has 0 fully saturated rings. The molecule has 0 atom stereocenters. The van der Waals surface area contributed by atoms with E-state index in [1.807, 2.05) is 48.4 Å². The summed E-state index contributed by atoms with van der Waals surface area (Å²) in [7, 11) is 7.23. The van der Waals surface area contributed by atoms with Gasteiger partial charge in [0.1, 0.15) is 0 Å². The molecule has 1 aromatic carbocycles. The average Bonchev–Trinajstić information content (AvgIpc) is 3.08. The second-order valence-electron chi connectivity index (χ2n) is 6.70. The van der Waals surface area contributed by atoms with Crippen molar-refractivity contribution in [3.63, 3.8) is 0 Å². The summed E-state index contributed by atoms with van der Waals surface area (Å²) < 4.78 is 1.82. The van der Waals surface area contributed by atoms with Gasteiger partial charge < -0.3 is 15.5 Å². The topological polar surface area (TPSA) is 74.5 Å². The molecule has 2 aromatic rings. The van der Waals surface area contributed by atoms with E-state index >= 15 is 0 Å². The highest BCUT2D eigenvalue weighted by molar-refractivity contribution is 5.94. The van der Waals surface area contributed by atoms with E-state index in [2.05, 4.69) is 20.7 Å². The zero-order valence-corrected chi connectivity index (χ0v) is 16.7. The number of aliphatic imine (C=N–C) groups is 1. The Kier molecular flexibility index (Phi) is 7.85. The molecule has 1 heterocycles. The lowest BCUT2D eigenvalue weighted by Gasteiger charge is -2.13. The number of nitrogens with one attached hydrogen (secondary N) is 2. The molecule has 0 saturated heterocycles. The van der Waals surface area contributed by atoms with Crippen molar-refractivity contribution < 1.29 is 4.79 Å². The second-order valence-corrected chi connectivity index (χ2v) is 6.70. The quantitative estimate of drug-likeness (QED) is 0.419. The van der Waals surface area contributed by atoms with Crippen LogP contribution in [0.4, 0.5) is 0 Å². The van der Waals surface area contributed by atoms with Crippen LogP contribution < -0.4 is 10.6 Å². The first-order chi connectivity index (χ1) is 13.0. The van der Waals surface area contributed by atoms with E-state index < -0.39 is 0 Å². The lowest BCUT2D eigenvalue weighted by molar-refractivity contribution is 0.0827. The Balaban J connectivity index is 1.71. The number of aryl methyl sites for hydroxylation is 2. The first-order valence-corrected chi connectivity index (χ1v) is 9.22. The summed E-state index contributed by atoms with van der Waals surface area (Å²) >= 11 is 0. The van der Waals surface area contributed by atoms with Crippen LogP contribution >= 0.6 is 0 Å². The van der Waals surface area contributed by atoms with E-state index in [4.69, 9.17) is 0 Å². The molecule has 0 aliphatic rings. The van der Waals surface area contributed by atoms with Crippen LogP contribution in [0.3, 0.4) is 0 Å². The van der Waals surface area contributed by atoms with E-state index in [1.165, 1.54) is 5.56 Å². The molecule has 2 N–H and O–H groups in total. The molecule has 0 aliphatic heterocycles. The number of carbonyl (C=O) groups is 1. The second kappa shape index (κ2) is 10.4. The van der Waals surface area contributed by atoms with Crippen LogP contribution in [0.15, 0.2) is 41.7 Å². The standard InChI is InChI=1S/C20H30N6O/c1-21-20(22-11-6-8-17-14-24-26(4)15-17)23-12-10-16-7-5-9-18(13-16)19(27)25(2)3/h5,7,9,13-15H,6,8,10-12H2,1-4H3,(H2,21,22,23). The maximum absolute atomic E-state index is 12.1. The number of rotatable bonds is 8. The van der Waals surface area contributed by atoms with Gasteiger partial charge in [0.15, 0.2) is 5.96 Å². The maximum atomic E-state index is 12.1. The highest BCUT2D eigenvalue weighted by Crippen LogP contribution is 2.07. The van der Waals surface area contributed by atoms with Gasteiger partial charge in [0, 0.05) is 53.0 Å². The number of carbonyl (C=O) groups excluding carboxylic acids is 1. The molecule has 0 bridgehead atoms. The molecule has 0 unspecified atom stereocenters. The number of hydrogen-bond donors (Lipinski definition) is 2. The number of guanidine groups is 1. The van der Waals surface area contributed by atoms with Crippen LogP contribution in [0.2, 0.25) is 0 Å². The van der Waals surface area contributed by atoms with Crippen LogP contribution in [0.1, 0.15) is 27.9 Å². The largest absolute Gasteiger partial charge is 0.356 e. The molecule has 0 aliphatic carbocycles. The lowest BCUT2D eigenvalue weighted by atomic mass is 10.1. The molecule has 0 radical (unpaired) electrons. The normalized spacial score (nSPS) is 11.3. The Morgan fingerprint density at radius 2 is 1.96 bits per heavy atom. The highest BCUT2D eigenvalue weighted by Gasteiger charge is 2.08. The van der Waals surface area contributed by atoms with Crippen LogP contribution in [0.5, 0.6) is 0 Å². The molecule has 27 heavy (non-hydrogen) atoms. The molecule has 1 amide bonds. The van der Waals surface area contributed by atoms with Crippen LogP contribution in [-0.2, 0) is 19.9 Å². The third kappa shape index (κ3) is 6.77. The van der Waals surface area contributed by atoms with Gasteiger partial charge in [-0.25, -0.2) is 0 Å². The predicted molar refractivity (Wildman–Crippen MR) is 109 cm³/mol. The summed E-state index contributed by atoms with van der Waals surface area (Å²) in [5, 5.41) is 10.8. The van der Waals surface area contributed by atoms with Crippen molar-refractivity contribution in [1.29, 1.82) is 0 Å². The molecule has 0 saturated carbocycles. The summed E-state index contributed by atoms with van der Waals surface area (Å²) in [5.41, 5.74) is 3.09. The van der Waals surface area contributed by atoms with Crippen molar-refractivity contribution >= 4 is 11.9 Å². The lowest BCUT2D eigenvalue weighted by Crippen LogP contribution is -2.38. The van der Waals surface area contributed by atoms with Gasteiger partial charge in [-0.1, -0.05) is 12.1 Å². The number of benzene rings is 1. The molecule has 0 spiro atoms. The minimum atomic E-state index is 0.0240. The van der Waals surface area contributed by atoms with Gasteiger partial charge in [0.05, 0.1) is 6.20 Å². The Morgan fingerprint density at radius 1 is 1.19 bits per heavy atom. The fourth-order valence-corrected chi connectivity index (χ4v) is 2.76.